The highest BCUT2D eigenvalue weighted by molar-refractivity contribution is 5.84. The summed E-state index contributed by atoms with van der Waals surface area (Å²) in [5.41, 5.74) is 2.95. The molecule has 54 heavy (non-hydrogen) atoms. The molecule has 2 saturated heterocycles. The van der Waals surface area contributed by atoms with Crippen molar-refractivity contribution in [2.45, 2.75) is 64.0 Å². The fourth-order valence-corrected chi connectivity index (χ4v) is 7.29. The van der Waals surface area contributed by atoms with Crippen molar-refractivity contribution >= 4 is 17.5 Å². The summed E-state index contributed by atoms with van der Waals surface area (Å²) in [7, 11) is 1.43. The molecular weight excluding hydrogens is 699 g/mol. The van der Waals surface area contributed by atoms with Crippen LogP contribution in [0.2, 0.25) is 0 Å². The minimum Gasteiger partial charge on any atom is -0.481 e. The van der Waals surface area contributed by atoms with Crippen LogP contribution in [-0.2, 0) is 28.9 Å². The van der Waals surface area contributed by atoms with Gasteiger partial charge in [-0.2, -0.15) is 13.2 Å². The maximum atomic E-state index is 15.1. The van der Waals surface area contributed by atoms with Crippen LogP contribution >= 0.6 is 0 Å². The molecule has 3 aromatic heterocycles. The first-order valence-corrected chi connectivity index (χ1v) is 17.9. The van der Waals surface area contributed by atoms with E-state index in [0.29, 0.717) is 71.5 Å². The molecule has 7 rings (SSSR count). The van der Waals surface area contributed by atoms with Crippen molar-refractivity contribution in [3.05, 3.63) is 106 Å². The van der Waals surface area contributed by atoms with E-state index in [0.717, 1.165) is 12.8 Å². The van der Waals surface area contributed by atoms with Gasteiger partial charge in [-0.15, -0.1) is 0 Å². The van der Waals surface area contributed by atoms with Crippen LogP contribution < -0.4 is 31.6 Å². The number of fused-ring (bicyclic) bond motifs is 1. The number of carbonyl (C=O) groups is 2. The lowest BCUT2D eigenvalue weighted by Crippen LogP contribution is -2.36. The third kappa shape index (κ3) is 7.71. The maximum Gasteiger partial charge on any atom is 0.417 e. The Morgan fingerprint density at radius 2 is 1.46 bits per heavy atom. The van der Waals surface area contributed by atoms with Crippen molar-refractivity contribution in [3.8, 4) is 39.4 Å². The van der Waals surface area contributed by atoms with Crippen LogP contribution in [0.4, 0.5) is 13.2 Å². The van der Waals surface area contributed by atoms with Gasteiger partial charge in [0.05, 0.1) is 18.4 Å². The average molecular weight is 740 g/mol. The van der Waals surface area contributed by atoms with Gasteiger partial charge in [0.1, 0.15) is 5.65 Å². The fraction of sp³-hybridized carbons (Fsp3) is 0.325. The van der Waals surface area contributed by atoms with E-state index in [-0.39, 0.29) is 58.7 Å². The average Bonchev–Trinajstić information content (AvgIpc) is 3.78. The van der Waals surface area contributed by atoms with E-state index in [9.17, 15) is 14.4 Å². The molecule has 0 spiro atoms. The smallest absolute Gasteiger partial charge is 0.417 e. The zero-order valence-electron chi connectivity index (χ0n) is 29.8. The highest BCUT2D eigenvalue weighted by Crippen LogP contribution is 2.45. The number of ether oxygens (including phenoxy) is 1. The largest absolute Gasteiger partial charge is 0.481 e. The number of alkyl halides is 3. The topological polar surface area (TPSA) is 139 Å². The Labute approximate surface area is 309 Å². The zero-order valence-corrected chi connectivity index (χ0v) is 29.8. The molecule has 2 fully saturated rings. The van der Waals surface area contributed by atoms with Crippen molar-refractivity contribution in [2.24, 2.45) is 0 Å². The summed E-state index contributed by atoms with van der Waals surface area (Å²) in [6.45, 7) is 3.52. The summed E-state index contributed by atoms with van der Waals surface area (Å²) in [6, 6.07) is 16.5. The second-order valence-corrected chi connectivity index (χ2v) is 13.7. The van der Waals surface area contributed by atoms with Gasteiger partial charge in [-0.3, -0.25) is 18.8 Å². The highest BCUT2D eigenvalue weighted by atomic mass is 19.4. The third-order valence-corrected chi connectivity index (χ3v) is 10.1. The minimum atomic E-state index is -4.72. The van der Waals surface area contributed by atoms with Crippen LogP contribution in [0.5, 0.6) is 5.88 Å². The summed E-state index contributed by atoms with van der Waals surface area (Å²) in [5, 5.41) is 12.3. The van der Waals surface area contributed by atoms with Gasteiger partial charge in [0.2, 0.25) is 17.7 Å². The second-order valence-electron chi connectivity index (χ2n) is 13.7. The molecule has 0 saturated carbocycles. The molecule has 2 unspecified atom stereocenters. The third-order valence-electron chi connectivity index (χ3n) is 10.1. The van der Waals surface area contributed by atoms with Gasteiger partial charge in [-0.25, -0.2) is 9.97 Å². The second kappa shape index (κ2) is 15.4. The van der Waals surface area contributed by atoms with E-state index in [1.807, 2.05) is 6.07 Å². The molecule has 4 N–H and O–H groups in total. The first-order chi connectivity index (χ1) is 26.0. The number of nitrogens with zero attached hydrogens (tertiary/aromatic N) is 3. The summed E-state index contributed by atoms with van der Waals surface area (Å²) in [4.78, 5) is 45.3. The lowest BCUT2D eigenvalue weighted by atomic mass is 9.88. The molecule has 5 aromatic rings. The number of hydrogen-bond donors (Lipinski definition) is 4. The lowest BCUT2D eigenvalue weighted by Gasteiger charge is -2.20. The van der Waals surface area contributed by atoms with Crippen molar-refractivity contribution in [1.29, 1.82) is 0 Å². The predicted octanol–water partition coefficient (Wildman–Crippen LogP) is 5.16. The van der Waals surface area contributed by atoms with Crippen molar-refractivity contribution in [3.63, 3.8) is 0 Å². The number of aromatic nitrogens is 3. The van der Waals surface area contributed by atoms with Crippen LogP contribution in [0, 0.1) is 6.92 Å². The van der Waals surface area contributed by atoms with E-state index >= 15 is 13.2 Å². The zero-order chi connectivity index (χ0) is 38.0. The number of halogens is 3. The van der Waals surface area contributed by atoms with E-state index in [1.54, 1.807) is 55.6 Å². The van der Waals surface area contributed by atoms with E-state index in [4.69, 9.17) is 4.74 Å². The van der Waals surface area contributed by atoms with Crippen LogP contribution in [0.3, 0.4) is 0 Å². The number of hydrogen-bond acceptors (Lipinski definition) is 8. The van der Waals surface area contributed by atoms with Crippen LogP contribution in [0.1, 0.15) is 47.9 Å². The maximum absolute atomic E-state index is 15.1. The SMILES string of the molecule is COc1nc(-c2cccc(-c3cccc(-c4ccn5c(=O)c(CNCC6CCC(=O)N6)cnc5c4)c3C)c2C(F)(F)F)ccc1CNCC1CCC(=O)N1. The highest BCUT2D eigenvalue weighted by Gasteiger charge is 2.37. The first kappa shape index (κ1) is 36.7. The number of nitrogens with one attached hydrogen (secondary N) is 4. The van der Waals surface area contributed by atoms with Gasteiger partial charge in [-0.05, 0) is 65.8 Å². The number of rotatable bonds is 12. The Morgan fingerprint density at radius 1 is 0.833 bits per heavy atom. The van der Waals surface area contributed by atoms with E-state index < -0.39 is 11.7 Å². The molecule has 2 amide bonds. The van der Waals surface area contributed by atoms with Crippen LogP contribution in [0.25, 0.3) is 39.2 Å². The molecule has 2 aromatic carbocycles. The van der Waals surface area contributed by atoms with Gasteiger partial charge in [0.15, 0.2) is 0 Å². The number of methoxy groups -OCH3 is 1. The lowest BCUT2D eigenvalue weighted by molar-refractivity contribution is -0.136. The van der Waals surface area contributed by atoms with Gasteiger partial charge in [0, 0.05) is 80.2 Å². The molecule has 5 heterocycles. The molecule has 2 aliphatic rings. The number of benzene rings is 2. The summed E-state index contributed by atoms with van der Waals surface area (Å²) in [5.74, 6) is 0.254. The van der Waals surface area contributed by atoms with E-state index in [1.165, 1.54) is 29.8 Å². The Balaban J connectivity index is 1.16. The summed E-state index contributed by atoms with van der Waals surface area (Å²) < 4.78 is 52.2. The number of amides is 2. The molecular formula is C40H40F3N7O4. The fourth-order valence-electron chi connectivity index (χ4n) is 7.29. The predicted molar refractivity (Wildman–Crippen MR) is 198 cm³/mol. The summed E-state index contributed by atoms with van der Waals surface area (Å²) >= 11 is 0. The minimum absolute atomic E-state index is 0.00826. The molecule has 280 valence electrons. The van der Waals surface area contributed by atoms with Crippen molar-refractivity contribution in [2.75, 3.05) is 20.2 Å². The Morgan fingerprint density at radius 3 is 2.09 bits per heavy atom. The van der Waals surface area contributed by atoms with Gasteiger partial charge < -0.3 is 26.0 Å². The van der Waals surface area contributed by atoms with E-state index in [2.05, 4.69) is 31.2 Å². The first-order valence-electron chi connectivity index (χ1n) is 17.9. The molecule has 11 nitrogen and oxygen atoms in total. The number of pyridine rings is 2. The monoisotopic (exact) mass is 739 g/mol. The van der Waals surface area contributed by atoms with Crippen LogP contribution in [0.15, 0.2) is 77.9 Å². The molecule has 0 aliphatic carbocycles. The summed E-state index contributed by atoms with van der Waals surface area (Å²) in [6.07, 6.45) is 0.903. The van der Waals surface area contributed by atoms with Crippen LogP contribution in [-0.4, -0.2) is 58.5 Å². The Hall–Kier alpha value is -5.60. The standard InChI is InChI=1S/C40H40F3N7O4/c1-23-29(24-15-16-50-34(17-24)46-20-26(39(50)53)19-45-22-28-11-14-36(52)48-28)5-3-6-30(23)31-7-4-8-32(37(31)40(41,42)43)33-12-9-25(38(49-33)54-2)18-44-21-27-10-13-35(51)47-27/h3-9,12,15-17,20,27-28,44-45H,10-11,13-14,18-19,21-22H2,1-2H3,(H,47,51)(H,48,52). The molecule has 2 aliphatic heterocycles. The van der Waals surface area contributed by atoms with Gasteiger partial charge in [-0.1, -0.05) is 42.5 Å². The number of carbonyl (C=O) groups excluding carboxylic acids is 2. The normalized spacial score (nSPS) is 17.2. The van der Waals surface area contributed by atoms with Crippen molar-refractivity contribution in [1.82, 2.24) is 35.6 Å². The quantitative estimate of drug-likeness (QED) is 0.138. The molecule has 0 bridgehead atoms. The molecule has 14 heteroatoms. The molecule has 2 atom stereocenters. The van der Waals surface area contributed by atoms with Gasteiger partial charge >= 0.3 is 6.18 Å². The molecule has 0 radical (unpaired) electrons. The Kier molecular flexibility index (Phi) is 10.5. The van der Waals surface area contributed by atoms with Gasteiger partial charge in [0.25, 0.3) is 5.56 Å². The Bertz CT molecular complexity index is 2290. The van der Waals surface area contributed by atoms with Crippen molar-refractivity contribution < 1.29 is 27.5 Å².